The summed E-state index contributed by atoms with van der Waals surface area (Å²) in [6, 6.07) is 1.46. The van der Waals surface area contributed by atoms with E-state index < -0.39 is 24.3 Å². The third kappa shape index (κ3) is 4.61. The Bertz CT molecular complexity index is 533. The summed E-state index contributed by atoms with van der Waals surface area (Å²) in [4.78, 5) is 38.3. The van der Waals surface area contributed by atoms with Crippen molar-refractivity contribution in [3.05, 3.63) is 22.3 Å². The van der Waals surface area contributed by atoms with Gasteiger partial charge in [0.25, 0.3) is 0 Å². The first-order chi connectivity index (χ1) is 9.47. The Hall–Kier alpha value is -1.96. The molecular weight excluding hydrogens is 332 g/mol. The molecule has 0 aliphatic heterocycles. The smallest absolute Gasteiger partial charge is 0.341 e. The van der Waals surface area contributed by atoms with Gasteiger partial charge in [-0.25, -0.2) is 9.78 Å². The van der Waals surface area contributed by atoms with Crippen molar-refractivity contribution in [3.8, 4) is 0 Å². The molecular formula is C12H13BrN2O5. The average Bonchev–Trinajstić information content (AvgIpc) is 2.40. The monoisotopic (exact) mass is 344 g/mol. The third-order valence-corrected chi connectivity index (χ3v) is 2.56. The topological polar surface area (TPSA) is 94.6 Å². The molecule has 1 aromatic rings. The van der Waals surface area contributed by atoms with Crippen molar-refractivity contribution in [2.24, 2.45) is 0 Å². The Balaban J connectivity index is 2.84. The first-order valence-electron chi connectivity index (χ1n) is 5.67. The van der Waals surface area contributed by atoms with Crippen molar-refractivity contribution in [1.29, 1.82) is 0 Å². The Labute approximate surface area is 123 Å². The van der Waals surface area contributed by atoms with Gasteiger partial charge in [-0.2, -0.15) is 0 Å². The van der Waals surface area contributed by atoms with Gasteiger partial charge < -0.3 is 14.8 Å². The Morgan fingerprint density at radius 2 is 2.10 bits per heavy atom. The van der Waals surface area contributed by atoms with Gasteiger partial charge in [0.2, 0.25) is 5.91 Å². The third-order valence-electron chi connectivity index (χ3n) is 2.13. The zero-order valence-electron chi connectivity index (χ0n) is 10.9. The highest BCUT2D eigenvalue weighted by Crippen LogP contribution is 2.19. The standard InChI is InChI=1S/C12H13BrN2O5/c1-3-20-10(17)5-9(16)15-11-8(12(18)19-2)4-7(13)6-14-11/h4,6H,3,5H2,1-2H3,(H,14,15,16). The van der Waals surface area contributed by atoms with Crippen molar-refractivity contribution in [3.63, 3.8) is 0 Å². The number of nitrogens with zero attached hydrogens (tertiary/aromatic N) is 1. The van der Waals surface area contributed by atoms with Crippen LogP contribution in [-0.2, 0) is 19.1 Å². The molecule has 0 spiro atoms. The second kappa shape index (κ2) is 7.59. The molecule has 0 bridgehead atoms. The SMILES string of the molecule is CCOC(=O)CC(=O)Nc1ncc(Br)cc1C(=O)OC. The molecule has 0 saturated heterocycles. The number of hydrogen-bond acceptors (Lipinski definition) is 6. The second-order valence-electron chi connectivity index (χ2n) is 3.57. The number of methoxy groups -OCH3 is 1. The van der Waals surface area contributed by atoms with E-state index in [1.807, 2.05) is 0 Å². The van der Waals surface area contributed by atoms with E-state index in [0.717, 1.165) is 0 Å². The van der Waals surface area contributed by atoms with E-state index in [-0.39, 0.29) is 18.0 Å². The van der Waals surface area contributed by atoms with Gasteiger partial charge in [-0.3, -0.25) is 9.59 Å². The number of carbonyl (C=O) groups is 3. The number of aromatic nitrogens is 1. The van der Waals surface area contributed by atoms with Crippen molar-refractivity contribution < 1.29 is 23.9 Å². The minimum Gasteiger partial charge on any atom is -0.466 e. The summed E-state index contributed by atoms with van der Waals surface area (Å²) < 4.78 is 9.80. The number of esters is 2. The molecule has 1 rings (SSSR count). The van der Waals surface area contributed by atoms with Crippen LogP contribution in [0, 0.1) is 0 Å². The Morgan fingerprint density at radius 1 is 1.40 bits per heavy atom. The number of hydrogen-bond donors (Lipinski definition) is 1. The summed E-state index contributed by atoms with van der Waals surface area (Å²) in [5, 5.41) is 2.37. The summed E-state index contributed by atoms with van der Waals surface area (Å²) >= 11 is 3.16. The predicted octanol–water partition coefficient (Wildman–Crippen LogP) is 1.52. The fraction of sp³-hybridized carbons (Fsp3) is 0.333. The molecule has 0 aliphatic rings. The van der Waals surface area contributed by atoms with Crippen LogP contribution in [0.2, 0.25) is 0 Å². The van der Waals surface area contributed by atoms with E-state index in [1.54, 1.807) is 6.92 Å². The van der Waals surface area contributed by atoms with E-state index >= 15 is 0 Å². The molecule has 7 nitrogen and oxygen atoms in total. The highest BCUT2D eigenvalue weighted by Gasteiger charge is 2.17. The van der Waals surface area contributed by atoms with Crippen LogP contribution in [0.3, 0.4) is 0 Å². The Morgan fingerprint density at radius 3 is 2.70 bits per heavy atom. The highest BCUT2D eigenvalue weighted by molar-refractivity contribution is 9.10. The van der Waals surface area contributed by atoms with Crippen molar-refractivity contribution in [2.45, 2.75) is 13.3 Å². The van der Waals surface area contributed by atoms with E-state index in [4.69, 9.17) is 0 Å². The summed E-state index contributed by atoms with van der Waals surface area (Å²) in [6.07, 6.45) is 0.957. The van der Waals surface area contributed by atoms with Crippen LogP contribution in [0.1, 0.15) is 23.7 Å². The van der Waals surface area contributed by atoms with E-state index in [9.17, 15) is 14.4 Å². The molecule has 20 heavy (non-hydrogen) atoms. The molecule has 0 aromatic carbocycles. The lowest BCUT2D eigenvalue weighted by molar-refractivity contribution is -0.145. The second-order valence-corrected chi connectivity index (χ2v) is 4.49. The lowest BCUT2D eigenvalue weighted by atomic mass is 10.2. The number of pyridine rings is 1. The predicted molar refractivity (Wildman–Crippen MR) is 73.2 cm³/mol. The van der Waals surface area contributed by atoms with Crippen LogP contribution in [0.15, 0.2) is 16.7 Å². The van der Waals surface area contributed by atoms with Crippen molar-refractivity contribution in [2.75, 3.05) is 19.0 Å². The molecule has 0 saturated carbocycles. The van der Waals surface area contributed by atoms with Gasteiger partial charge in [0.1, 0.15) is 17.8 Å². The van der Waals surface area contributed by atoms with Crippen LogP contribution < -0.4 is 5.32 Å². The average molecular weight is 345 g/mol. The zero-order valence-corrected chi connectivity index (χ0v) is 12.5. The molecule has 1 heterocycles. The largest absolute Gasteiger partial charge is 0.466 e. The maximum atomic E-state index is 11.6. The number of rotatable bonds is 5. The molecule has 0 aliphatic carbocycles. The first kappa shape index (κ1) is 16.1. The van der Waals surface area contributed by atoms with Crippen LogP contribution in [-0.4, -0.2) is 36.5 Å². The number of halogens is 1. The number of amides is 1. The number of carbonyl (C=O) groups excluding carboxylic acids is 3. The fourth-order valence-electron chi connectivity index (χ4n) is 1.32. The van der Waals surface area contributed by atoms with Gasteiger partial charge in [-0.05, 0) is 28.9 Å². The lowest BCUT2D eigenvalue weighted by Crippen LogP contribution is -2.20. The summed E-state index contributed by atoms with van der Waals surface area (Å²) in [5.41, 5.74) is 0.0825. The molecule has 0 fully saturated rings. The minimum absolute atomic E-state index is 0.0225. The number of ether oxygens (including phenoxy) is 2. The van der Waals surface area contributed by atoms with E-state index in [2.05, 4.69) is 35.7 Å². The fourth-order valence-corrected chi connectivity index (χ4v) is 1.66. The summed E-state index contributed by atoms with van der Waals surface area (Å²) in [6.45, 7) is 1.83. The van der Waals surface area contributed by atoms with Crippen LogP contribution in [0.25, 0.3) is 0 Å². The van der Waals surface area contributed by atoms with Crippen molar-refractivity contribution >= 4 is 39.6 Å². The van der Waals surface area contributed by atoms with Gasteiger partial charge >= 0.3 is 11.9 Å². The number of anilines is 1. The normalized spacial score (nSPS) is 9.75. The molecule has 1 N–H and O–H groups in total. The molecule has 0 radical (unpaired) electrons. The number of nitrogens with one attached hydrogen (secondary N) is 1. The van der Waals surface area contributed by atoms with Crippen molar-refractivity contribution in [1.82, 2.24) is 4.98 Å². The zero-order chi connectivity index (χ0) is 15.1. The first-order valence-corrected chi connectivity index (χ1v) is 6.46. The quantitative estimate of drug-likeness (QED) is 0.642. The van der Waals surface area contributed by atoms with Crippen LogP contribution >= 0.6 is 15.9 Å². The molecule has 108 valence electrons. The highest BCUT2D eigenvalue weighted by atomic mass is 79.9. The summed E-state index contributed by atoms with van der Waals surface area (Å²) in [5.74, 6) is -1.90. The molecule has 0 atom stereocenters. The van der Waals surface area contributed by atoms with E-state index in [0.29, 0.717) is 4.47 Å². The maximum Gasteiger partial charge on any atom is 0.341 e. The van der Waals surface area contributed by atoms with Crippen LogP contribution in [0.5, 0.6) is 0 Å². The minimum atomic E-state index is -0.651. The van der Waals surface area contributed by atoms with Crippen LogP contribution in [0.4, 0.5) is 5.82 Å². The molecule has 0 unspecified atom stereocenters. The molecule has 1 aromatic heterocycles. The van der Waals surface area contributed by atoms with Gasteiger partial charge in [-0.1, -0.05) is 0 Å². The lowest BCUT2D eigenvalue weighted by Gasteiger charge is -2.09. The maximum absolute atomic E-state index is 11.6. The molecule has 8 heteroatoms. The van der Waals surface area contributed by atoms with Gasteiger partial charge in [0.15, 0.2) is 0 Å². The molecule has 1 amide bonds. The van der Waals surface area contributed by atoms with Gasteiger partial charge in [0.05, 0.1) is 13.7 Å². The van der Waals surface area contributed by atoms with Gasteiger partial charge in [0, 0.05) is 10.7 Å². The Kier molecular flexibility index (Phi) is 6.10. The van der Waals surface area contributed by atoms with E-state index in [1.165, 1.54) is 19.4 Å². The van der Waals surface area contributed by atoms with Gasteiger partial charge in [-0.15, -0.1) is 0 Å². The summed E-state index contributed by atoms with van der Waals surface area (Å²) in [7, 11) is 1.22.